The smallest absolute Gasteiger partial charge is 0.224 e. The van der Waals surface area contributed by atoms with Gasteiger partial charge in [0.1, 0.15) is 11.5 Å². The number of rotatable bonds is 12. The second-order valence-electron chi connectivity index (χ2n) is 8.38. The first-order valence-corrected chi connectivity index (χ1v) is 14.0. The van der Waals surface area contributed by atoms with Gasteiger partial charge in [-0.2, -0.15) is 5.26 Å². The van der Waals surface area contributed by atoms with Gasteiger partial charge in [-0.05, 0) is 54.9 Å². The predicted molar refractivity (Wildman–Crippen MR) is 123 cm³/mol. The molecule has 0 aliphatic rings. The average Bonchev–Trinajstić information content (AvgIpc) is 2.72. The molecule has 0 spiro atoms. The molecule has 0 radical (unpaired) electrons. The van der Waals surface area contributed by atoms with Crippen molar-refractivity contribution in [1.82, 2.24) is 0 Å². The highest BCUT2D eigenvalue weighted by atomic mass is 28.4. The van der Waals surface area contributed by atoms with Crippen LogP contribution in [0.15, 0.2) is 48.5 Å². The number of hydrogen-bond acceptors (Lipinski definition) is 3. The maximum atomic E-state index is 10.7. The fourth-order valence-electron chi connectivity index (χ4n) is 3.47. The summed E-state index contributed by atoms with van der Waals surface area (Å²) >= 11 is 0. The van der Waals surface area contributed by atoms with Crippen LogP contribution in [0.25, 0.3) is 11.1 Å². The summed E-state index contributed by atoms with van der Waals surface area (Å²) < 4.78 is 6.22. The third-order valence-electron chi connectivity index (χ3n) is 5.34. The molecule has 2 aromatic carbocycles. The SMILES string of the molecule is CCCCCCCCCC(Oc1ccc(-c2ccc(C#N)cc2)cc1)[Si](C)(C)O. The Labute approximate surface area is 177 Å². The lowest BCUT2D eigenvalue weighted by molar-refractivity contribution is 0.231. The molecule has 2 rings (SSSR count). The number of unbranched alkanes of at least 4 members (excludes halogenated alkanes) is 6. The van der Waals surface area contributed by atoms with Crippen molar-refractivity contribution in [2.45, 2.75) is 77.1 Å². The molecule has 0 aliphatic heterocycles. The van der Waals surface area contributed by atoms with Crippen LogP contribution in [-0.2, 0) is 0 Å². The van der Waals surface area contributed by atoms with Crippen LogP contribution in [0.1, 0.15) is 63.9 Å². The quantitative estimate of drug-likeness (QED) is 0.308. The molecular weight excluding hydrogens is 374 g/mol. The average molecular weight is 410 g/mol. The van der Waals surface area contributed by atoms with Gasteiger partial charge in [0.05, 0.1) is 11.6 Å². The molecule has 3 nitrogen and oxygen atoms in total. The van der Waals surface area contributed by atoms with Crippen molar-refractivity contribution in [2.24, 2.45) is 0 Å². The highest BCUT2D eigenvalue weighted by molar-refractivity contribution is 6.71. The number of nitriles is 1. The molecule has 29 heavy (non-hydrogen) atoms. The van der Waals surface area contributed by atoms with Crippen LogP contribution in [0, 0.1) is 11.3 Å². The molecule has 0 heterocycles. The van der Waals surface area contributed by atoms with Crippen LogP contribution in [0.4, 0.5) is 0 Å². The normalized spacial score (nSPS) is 12.4. The zero-order valence-corrected chi connectivity index (χ0v) is 19.2. The molecule has 0 saturated heterocycles. The van der Waals surface area contributed by atoms with Gasteiger partial charge in [0, 0.05) is 0 Å². The first-order valence-electron chi connectivity index (χ1n) is 10.9. The molecule has 0 aromatic heterocycles. The highest BCUT2D eigenvalue weighted by Crippen LogP contribution is 2.26. The summed E-state index contributed by atoms with van der Waals surface area (Å²) in [6.07, 6.45) is 9.78. The summed E-state index contributed by atoms with van der Waals surface area (Å²) in [5, 5.41) is 8.93. The first kappa shape index (κ1) is 23.2. The first-order chi connectivity index (χ1) is 13.9. The Bertz CT molecular complexity index is 757. The highest BCUT2D eigenvalue weighted by Gasteiger charge is 2.31. The van der Waals surface area contributed by atoms with E-state index in [1.54, 1.807) is 0 Å². The van der Waals surface area contributed by atoms with E-state index >= 15 is 0 Å². The van der Waals surface area contributed by atoms with E-state index in [1.165, 1.54) is 38.5 Å². The standard InChI is InChI=1S/C25H35NO2Si/c1-4-5-6-7-8-9-10-11-25(29(2,3)27)28-24-18-16-23(17-19-24)22-14-12-21(20-26)13-15-22/h12-19,25,27H,4-11H2,1-3H3. The van der Waals surface area contributed by atoms with Crippen LogP contribution in [0.5, 0.6) is 5.75 Å². The summed E-state index contributed by atoms with van der Waals surface area (Å²) in [5.41, 5.74) is 2.74. The predicted octanol–water partition coefficient (Wildman–Crippen LogP) is 6.85. The number of hydrogen-bond donors (Lipinski definition) is 1. The minimum absolute atomic E-state index is 0.0843. The van der Waals surface area contributed by atoms with Crippen LogP contribution < -0.4 is 4.74 Å². The van der Waals surface area contributed by atoms with Crippen LogP contribution in [-0.4, -0.2) is 18.8 Å². The van der Waals surface area contributed by atoms with Gasteiger partial charge in [-0.15, -0.1) is 0 Å². The minimum atomic E-state index is -2.39. The van der Waals surface area contributed by atoms with Gasteiger partial charge in [0.2, 0.25) is 8.32 Å². The van der Waals surface area contributed by atoms with Crippen LogP contribution in [0.3, 0.4) is 0 Å². The maximum Gasteiger partial charge on any atom is 0.224 e. The van der Waals surface area contributed by atoms with Gasteiger partial charge in [-0.25, -0.2) is 0 Å². The minimum Gasteiger partial charge on any atom is -0.491 e. The summed E-state index contributed by atoms with van der Waals surface area (Å²) in [6.45, 7) is 6.17. The number of nitrogens with zero attached hydrogens (tertiary/aromatic N) is 1. The Kier molecular flexibility index (Phi) is 9.43. The monoisotopic (exact) mass is 409 g/mol. The van der Waals surface area contributed by atoms with Gasteiger partial charge in [0.25, 0.3) is 0 Å². The Hall–Kier alpha value is -2.09. The van der Waals surface area contributed by atoms with E-state index in [1.807, 2.05) is 61.6 Å². The lowest BCUT2D eigenvalue weighted by Gasteiger charge is -2.28. The Balaban J connectivity index is 1.90. The lowest BCUT2D eigenvalue weighted by Crippen LogP contribution is -2.45. The fourth-order valence-corrected chi connectivity index (χ4v) is 4.81. The largest absolute Gasteiger partial charge is 0.491 e. The second-order valence-corrected chi connectivity index (χ2v) is 12.3. The second kappa shape index (κ2) is 11.8. The van der Waals surface area contributed by atoms with Gasteiger partial charge in [0.15, 0.2) is 0 Å². The van der Waals surface area contributed by atoms with Crippen molar-refractivity contribution < 1.29 is 9.53 Å². The van der Waals surface area contributed by atoms with Crippen molar-refractivity contribution in [3.8, 4) is 22.9 Å². The molecule has 0 amide bonds. The molecule has 0 bridgehead atoms. The maximum absolute atomic E-state index is 10.7. The number of benzene rings is 2. The third-order valence-corrected chi connectivity index (χ3v) is 7.32. The molecular formula is C25H35NO2Si. The van der Waals surface area contributed by atoms with Crippen LogP contribution in [0.2, 0.25) is 13.1 Å². The van der Waals surface area contributed by atoms with Gasteiger partial charge in [-0.1, -0.05) is 76.1 Å². The van der Waals surface area contributed by atoms with Gasteiger partial charge in [-0.3, -0.25) is 0 Å². The van der Waals surface area contributed by atoms with Crippen molar-refractivity contribution in [3.63, 3.8) is 0 Å². The van der Waals surface area contributed by atoms with E-state index in [4.69, 9.17) is 10.00 Å². The van der Waals surface area contributed by atoms with Crippen molar-refractivity contribution in [2.75, 3.05) is 0 Å². The molecule has 156 valence electrons. The molecule has 1 N–H and O–H groups in total. The van der Waals surface area contributed by atoms with E-state index in [0.717, 1.165) is 29.7 Å². The van der Waals surface area contributed by atoms with Crippen LogP contribution >= 0.6 is 0 Å². The summed E-state index contributed by atoms with van der Waals surface area (Å²) in [5.74, 6) is 0.810. The Morgan fingerprint density at radius 3 is 1.90 bits per heavy atom. The Morgan fingerprint density at radius 1 is 0.862 bits per heavy atom. The van der Waals surface area contributed by atoms with Gasteiger partial charge < -0.3 is 9.53 Å². The van der Waals surface area contributed by atoms with Crippen molar-refractivity contribution >= 4 is 8.32 Å². The zero-order chi connectivity index (χ0) is 21.1. The lowest BCUT2D eigenvalue weighted by atomic mass is 10.0. The van der Waals surface area contributed by atoms with E-state index < -0.39 is 8.32 Å². The fraction of sp³-hybridized carbons (Fsp3) is 0.480. The molecule has 4 heteroatoms. The van der Waals surface area contributed by atoms with E-state index in [2.05, 4.69) is 13.0 Å². The molecule has 0 saturated carbocycles. The Morgan fingerprint density at radius 2 is 1.38 bits per heavy atom. The summed E-state index contributed by atoms with van der Waals surface area (Å²) in [6, 6.07) is 17.8. The topological polar surface area (TPSA) is 53.2 Å². The molecule has 1 unspecified atom stereocenters. The molecule has 0 aliphatic carbocycles. The van der Waals surface area contributed by atoms with E-state index in [0.29, 0.717) is 5.56 Å². The molecule has 1 atom stereocenters. The molecule has 2 aromatic rings. The number of ether oxygens (including phenoxy) is 1. The molecule has 0 fully saturated rings. The summed E-state index contributed by atoms with van der Waals surface area (Å²) in [4.78, 5) is 10.7. The van der Waals surface area contributed by atoms with E-state index in [-0.39, 0.29) is 5.73 Å². The van der Waals surface area contributed by atoms with E-state index in [9.17, 15) is 4.80 Å². The van der Waals surface area contributed by atoms with Crippen molar-refractivity contribution in [3.05, 3.63) is 54.1 Å². The zero-order valence-electron chi connectivity index (χ0n) is 18.2. The summed E-state index contributed by atoms with van der Waals surface area (Å²) in [7, 11) is -2.39. The third kappa shape index (κ3) is 8.04. The van der Waals surface area contributed by atoms with Gasteiger partial charge >= 0.3 is 0 Å². The van der Waals surface area contributed by atoms with Crippen molar-refractivity contribution in [1.29, 1.82) is 5.26 Å².